The summed E-state index contributed by atoms with van der Waals surface area (Å²) in [4.78, 5) is 29.5. The molecule has 1 N–H and O–H groups in total. The van der Waals surface area contributed by atoms with Crippen LogP contribution >= 0.6 is 11.8 Å². The standard InChI is InChI=1S/C18H22N2O4S/c1-6-24-18(22)14-11(3)20-10(2)13(17(21)23-4)15(14)12-8-7-9-19-16(12)25-5/h7-9,15,20H,6H2,1-5H3. The Bertz CT molecular complexity index is 755. The van der Waals surface area contributed by atoms with E-state index in [2.05, 4.69) is 10.3 Å². The van der Waals surface area contributed by atoms with Crippen LogP contribution in [0.1, 0.15) is 32.3 Å². The molecule has 1 aliphatic heterocycles. The van der Waals surface area contributed by atoms with Crippen molar-refractivity contribution in [3.63, 3.8) is 0 Å². The van der Waals surface area contributed by atoms with Crippen molar-refractivity contribution in [2.75, 3.05) is 20.0 Å². The molecule has 134 valence electrons. The van der Waals surface area contributed by atoms with Gasteiger partial charge >= 0.3 is 11.9 Å². The Morgan fingerprint density at radius 2 is 1.88 bits per heavy atom. The molecule has 0 saturated heterocycles. The number of nitrogens with one attached hydrogen (secondary N) is 1. The lowest BCUT2D eigenvalue weighted by molar-refractivity contribution is -0.139. The van der Waals surface area contributed by atoms with Gasteiger partial charge in [-0.3, -0.25) is 0 Å². The maximum atomic E-state index is 12.6. The lowest BCUT2D eigenvalue weighted by Gasteiger charge is -2.30. The molecule has 25 heavy (non-hydrogen) atoms. The van der Waals surface area contributed by atoms with E-state index in [-0.39, 0.29) is 6.61 Å². The summed E-state index contributed by atoms with van der Waals surface area (Å²) in [6.07, 6.45) is 3.59. The monoisotopic (exact) mass is 362 g/mol. The number of hydrogen-bond donors (Lipinski definition) is 1. The van der Waals surface area contributed by atoms with Crippen molar-refractivity contribution in [2.24, 2.45) is 0 Å². The van der Waals surface area contributed by atoms with Gasteiger partial charge in [-0.05, 0) is 38.7 Å². The first kappa shape index (κ1) is 19.1. The highest BCUT2D eigenvalue weighted by atomic mass is 32.2. The molecular weight excluding hydrogens is 340 g/mol. The average molecular weight is 362 g/mol. The van der Waals surface area contributed by atoms with Crippen molar-refractivity contribution >= 4 is 23.7 Å². The third-order valence-electron chi connectivity index (χ3n) is 3.97. The minimum Gasteiger partial charge on any atom is -0.466 e. The van der Waals surface area contributed by atoms with Gasteiger partial charge in [0.15, 0.2) is 0 Å². The molecule has 7 heteroatoms. The summed E-state index contributed by atoms with van der Waals surface area (Å²) in [7, 11) is 1.33. The molecular formula is C18H22N2O4S. The van der Waals surface area contributed by atoms with Gasteiger partial charge in [0.1, 0.15) is 0 Å². The van der Waals surface area contributed by atoms with Gasteiger partial charge in [0.2, 0.25) is 0 Å². The quantitative estimate of drug-likeness (QED) is 0.637. The highest BCUT2D eigenvalue weighted by Gasteiger charge is 2.38. The molecule has 0 radical (unpaired) electrons. The number of aromatic nitrogens is 1. The molecule has 0 spiro atoms. The Kier molecular flexibility index (Phi) is 6.25. The molecule has 0 fully saturated rings. The van der Waals surface area contributed by atoms with Crippen molar-refractivity contribution < 1.29 is 19.1 Å². The van der Waals surface area contributed by atoms with Crippen LogP contribution in [0.4, 0.5) is 0 Å². The van der Waals surface area contributed by atoms with Crippen molar-refractivity contribution in [2.45, 2.75) is 31.7 Å². The summed E-state index contributed by atoms with van der Waals surface area (Å²) >= 11 is 1.46. The van der Waals surface area contributed by atoms with Crippen LogP contribution in [0.2, 0.25) is 0 Å². The van der Waals surface area contributed by atoms with Gasteiger partial charge in [-0.15, -0.1) is 11.8 Å². The lowest BCUT2D eigenvalue weighted by Crippen LogP contribution is -2.32. The molecule has 1 unspecified atom stereocenters. The van der Waals surface area contributed by atoms with Gasteiger partial charge < -0.3 is 14.8 Å². The highest BCUT2D eigenvalue weighted by Crippen LogP contribution is 2.41. The zero-order chi connectivity index (χ0) is 18.6. The molecule has 6 nitrogen and oxygen atoms in total. The minimum atomic E-state index is -0.594. The van der Waals surface area contributed by atoms with Crippen molar-refractivity contribution in [1.29, 1.82) is 0 Å². The highest BCUT2D eigenvalue weighted by molar-refractivity contribution is 7.98. The van der Waals surface area contributed by atoms with E-state index in [1.165, 1.54) is 18.9 Å². The van der Waals surface area contributed by atoms with E-state index < -0.39 is 17.9 Å². The summed E-state index contributed by atoms with van der Waals surface area (Å²) in [5, 5.41) is 3.85. The van der Waals surface area contributed by atoms with Crippen molar-refractivity contribution in [3.8, 4) is 0 Å². The molecule has 0 saturated carbocycles. The smallest absolute Gasteiger partial charge is 0.336 e. The van der Waals surface area contributed by atoms with Crippen LogP contribution < -0.4 is 5.32 Å². The summed E-state index contributed by atoms with van der Waals surface area (Å²) in [5.74, 6) is -1.54. The van der Waals surface area contributed by atoms with E-state index in [1.807, 2.05) is 12.3 Å². The van der Waals surface area contributed by atoms with E-state index in [0.717, 1.165) is 10.6 Å². The number of ether oxygens (including phenoxy) is 2. The first-order chi connectivity index (χ1) is 12.0. The summed E-state index contributed by atoms with van der Waals surface area (Å²) in [6, 6.07) is 3.66. The zero-order valence-corrected chi connectivity index (χ0v) is 15.8. The second kappa shape index (κ2) is 8.20. The molecule has 0 bridgehead atoms. The van der Waals surface area contributed by atoms with Gasteiger partial charge in [0, 0.05) is 17.6 Å². The average Bonchev–Trinajstić information content (AvgIpc) is 2.60. The van der Waals surface area contributed by atoms with E-state index in [0.29, 0.717) is 22.5 Å². The largest absolute Gasteiger partial charge is 0.466 e. The Balaban J connectivity index is 2.72. The number of thioether (sulfide) groups is 1. The number of carbonyl (C=O) groups is 2. The fraction of sp³-hybridized carbons (Fsp3) is 0.389. The number of nitrogens with zero attached hydrogens (tertiary/aromatic N) is 1. The van der Waals surface area contributed by atoms with Gasteiger partial charge in [-0.25, -0.2) is 14.6 Å². The summed E-state index contributed by atoms with van der Waals surface area (Å²) in [6.45, 7) is 5.59. The number of methoxy groups -OCH3 is 1. The zero-order valence-electron chi connectivity index (χ0n) is 15.0. The number of hydrogen-bond acceptors (Lipinski definition) is 7. The Morgan fingerprint density at radius 1 is 1.24 bits per heavy atom. The summed E-state index contributed by atoms with van der Waals surface area (Å²) < 4.78 is 10.2. The number of esters is 2. The van der Waals surface area contributed by atoms with Crippen LogP contribution in [0.25, 0.3) is 0 Å². The molecule has 1 aromatic rings. The van der Waals surface area contributed by atoms with Crippen LogP contribution in [-0.4, -0.2) is 36.9 Å². The van der Waals surface area contributed by atoms with Crippen LogP contribution in [-0.2, 0) is 19.1 Å². The van der Waals surface area contributed by atoms with Gasteiger partial charge in [-0.2, -0.15) is 0 Å². The first-order valence-corrected chi connectivity index (χ1v) is 9.11. The third kappa shape index (κ3) is 3.71. The Hall–Kier alpha value is -2.28. The maximum absolute atomic E-state index is 12.6. The lowest BCUT2D eigenvalue weighted by atomic mass is 9.81. The molecule has 1 aliphatic rings. The third-order valence-corrected chi connectivity index (χ3v) is 4.69. The van der Waals surface area contributed by atoms with Crippen LogP contribution in [0.15, 0.2) is 45.9 Å². The molecule has 0 amide bonds. The number of allylic oxidation sites excluding steroid dienone is 2. The molecule has 1 aromatic heterocycles. The van der Waals surface area contributed by atoms with E-state index in [4.69, 9.17) is 9.47 Å². The number of pyridine rings is 1. The maximum Gasteiger partial charge on any atom is 0.336 e. The second-order valence-corrected chi connectivity index (χ2v) is 6.24. The molecule has 2 heterocycles. The van der Waals surface area contributed by atoms with Gasteiger partial charge in [0.05, 0.1) is 35.8 Å². The van der Waals surface area contributed by atoms with Crippen LogP contribution in [0.5, 0.6) is 0 Å². The molecule has 0 aliphatic carbocycles. The normalized spacial score (nSPS) is 17.2. The number of carbonyl (C=O) groups excluding carboxylic acids is 2. The predicted octanol–water partition coefficient (Wildman–Crippen LogP) is 2.77. The topological polar surface area (TPSA) is 77.5 Å². The molecule has 2 rings (SSSR count). The second-order valence-electron chi connectivity index (χ2n) is 5.45. The fourth-order valence-electron chi connectivity index (χ4n) is 2.96. The fourth-order valence-corrected chi connectivity index (χ4v) is 3.55. The van der Waals surface area contributed by atoms with Crippen molar-refractivity contribution in [1.82, 2.24) is 10.3 Å². The van der Waals surface area contributed by atoms with E-state index in [9.17, 15) is 9.59 Å². The molecule has 0 aromatic carbocycles. The van der Waals surface area contributed by atoms with Crippen LogP contribution in [0.3, 0.4) is 0 Å². The Morgan fingerprint density at radius 3 is 2.44 bits per heavy atom. The minimum absolute atomic E-state index is 0.251. The SMILES string of the molecule is CCOC(=O)C1=C(C)NC(C)=C(C(=O)OC)C1c1cccnc1SC. The first-order valence-electron chi connectivity index (χ1n) is 7.89. The summed E-state index contributed by atoms with van der Waals surface area (Å²) in [5.41, 5.74) is 2.87. The molecule has 1 atom stereocenters. The number of rotatable bonds is 5. The number of dihydropyridines is 1. The van der Waals surface area contributed by atoms with E-state index in [1.54, 1.807) is 33.0 Å². The van der Waals surface area contributed by atoms with Gasteiger partial charge in [0.25, 0.3) is 0 Å². The Labute approximate surface area is 151 Å². The van der Waals surface area contributed by atoms with Crippen LogP contribution in [0, 0.1) is 0 Å². The predicted molar refractivity (Wildman–Crippen MR) is 95.9 cm³/mol. The van der Waals surface area contributed by atoms with Gasteiger partial charge in [-0.1, -0.05) is 6.07 Å². The van der Waals surface area contributed by atoms with E-state index >= 15 is 0 Å². The van der Waals surface area contributed by atoms with Crippen molar-refractivity contribution in [3.05, 3.63) is 46.4 Å².